The van der Waals surface area contributed by atoms with E-state index in [-0.39, 0.29) is 0 Å². The van der Waals surface area contributed by atoms with Crippen LogP contribution >= 0.6 is 11.6 Å². The summed E-state index contributed by atoms with van der Waals surface area (Å²) in [5.74, 6) is 1.16. The topological polar surface area (TPSA) is 57.2 Å². The second-order valence-electron chi connectivity index (χ2n) is 5.10. The average molecular weight is 335 g/mol. The van der Waals surface area contributed by atoms with Crippen molar-refractivity contribution in [1.29, 1.82) is 0 Å². The van der Waals surface area contributed by atoms with Gasteiger partial charge in [-0.3, -0.25) is 0 Å². The lowest BCUT2D eigenvalue weighted by Gasteiger charge is -2.19. The van der Waals surface area contributed by atoms with E-state index in [1.54, 1.807) is 0 Å². The molecule has 2 aromatic rings. The molecule has 0 saturated carbocycles. The first-order valence-electron chi connectivity index (χ1n) is 7.78. The van der Waals surface area contributed by atoms with Crippen molar-refractivity contribution in [2.45, 2.75) is 13.8 Å². The van der Waals surface area contributed by atoms with Gasteiger partial charge in [0.1, 0.15) is 6.33 Å². The number of hydrogen-bond donors (Lipinski definition) is 1. The van der Waals surface area contributed by atoms with Crippen molar-refractivity contribution in [2.75, 3.05) is 43.4 Å². The van der Waals surface area contributed by atoms with Gasteiger partial charge in [0.25, 0.3) is 0 Å². The van der Waals surface area contributed by atoms with Crippen LogP contribution in [0.5, 0.6) is 0 Å². The smallest absolute Gasteiger partial charge is 0.234 e. The molecular weight excluding hydrogens is 312 g/mol. The molecule has 0 fully saturated rings. The SMILES string of the molecule is CCN(CC)CCNc1ncnc(N(C)c2cccc(Cl)c2)n1. The zero-order chi connectivity index (χ0) is 16.7. The highest BCUT2D eigenvalue weighted by Crippen LogP contribution is 2.23. The van der Waals surface area contributed by atoms with Crippen LogP contribution in [0.1, 0.15) is 13.8 Å². The molecule has 1 heterocycles. The van der Waals surface area contributed by atoms with Gasteiger partial charge >= 0.3 is 0 Å². The Hall–Kier alpha value is -1.92. The summed E-state index contributed by atoms with van der Waals surface area (Å²) in [5.41, 5.74) is 0.929. The Bertz CT molecular complexity index is 617. The van der Waals surface area contributed by atoms with Crippen LogP contribution in [-0.2, 0) is 0 Å². The first-order valence-corrected chi connectivity index (χ1v) is 8.16. The van der Waals surface area contributed by atoms with Crippen LogP contribution in [0.4, 0.5) is 17.6 Å². The molecule has 0 radical (unpaired) electrons. The maximum atomic E-state index is 6.04. The fourth-order valence-corrected chi connectivity index (χ4v) is 2.38. The van der Waals surface area contributed by atoms with Gasteiger partial charge in [0, 0.05) is 30.8 Å². The van der Waals surface area contributed by atoms with Gasteiger partial charge in [-0.15, -0.1) is 0 Å². The molecule has 7 heteroatoms. The number of nitrogens with one attached hydrogen (secondary N) is 1. The second kappa shape index (κ2) is 8.64. The molecule has 0 aliphatic rings. The summed E-state index contributed by atoms with van der Waals surface area (Å²) in [6, 6.07) is 7.58. The van der Waals surface area contributed by atoms with E-state index in [2.05, 4.69) is 39.0 Å². The summed E-state index contributed by atoms with van der Waals surface area (Å²) >= 11 is 6.04. The van der Waals surface area contributed by atoms with Crippen LogP contribution < -0.4 is 10.2 Å². The number of halogens is 1. The van der Waals surface area contributed by atoms with Crippen molar-refractivity contribution in [3.8, 4) is 0 Å². The molecule has 23 heavy (non-hydrogen) atoms. The molecule has 1 aromatic heterocycles. The molecule has 0 unspecified atom stereocenters. The van der Waals surface area contributed by atoms with Gasteiger partial charge in [-0.05, 0) is 31.3 Å². The van der Waals surface area contributed by atoms with E-state index in [9.17, 15) is 0 Å². The highest BCUT2D eigenvalue weighted by molar-refractivity contribution is 6.30. The highest BCUT2D eigenvalue weighted by atomic mass is 35.5. The minimum absolute atomic E-state index is 0.576. The number of anilines is 3. The molecule has 6 nitrogen and oxygen atoms in total. The zero-order valence-corrected chi connectivity index (χ0v) is 14.6. The molecule has 0 aliphatic carbocycles. The third-order valence-electron chi connectivity index (χ3n) is 3.66. The van der Waals surface area contributed by atoms with E-state index in [1.807, 2.05) is 36.2 Å². The van der Waals surface area contributed by atoms with Crippen LogP contribution in [0, 0.1) is 0 Å². The number of likely N-dealkylation sites (N-methyl/N-ethyl adjacent to an activating group) is 1. The molecule has 0 bridgehead atoms. The Kier molecular flexibility index (Phi) is 6.55. The van der Waals surface area contributed by atoms with Crippen molar-refractivity contribution in [3.05, 3.63) is 35.6 Å². The largest absolute Gasteiger partial charge is 0.353 e. The molecule has 0 amide bonds. The average Bonchev–Trinajstić information content (AvgIpc) is 2.58. The molecule has 0 spiro atoms. The fourth-order valence-electron chi connectivity index (χ4n) is 2.20. The summed E-state index contributed by atoms with van der Waals surface area (Å²) in [6.45, 7) is 8.15. The number of nitrogens with zero attached hydrogens (tertiary/aromatic N) is 5. The maximum absolute atomic E-state index is 6.04. The molecule has 0 aliphatic heterocycles. The van der Waals surface area contributed by atoms with Gasteiger partial charge < -0.3 is 15.1 Å². The monoisotopic (exact) mass is 334 g/mol. The van der Waals surface area contributed by atoms with Crippen molar-refractivity contribution in [1.82, 2.24) is 19.9 Å². The van der Waals surface area contributed by atoms with Gasteiger partial charge in [0.15, 0.2) is 0 Å². The van der Waals surface area contributed by atoms with Crippen molar-refractivity contribution >= 4 is 29.2 Å². The summed E-state index contributed by atoms with van der Waals surface area (Å²) in [7, 11) is 1.90. The second-order valence-corrected chi connectivity index (χ2v) is 5.54. The lowest BCUT2D eigenvalue weighted by Crippen LogP contribution is -2.29. The number of hydrogen-bond acceptors (Lipinski definition) is 6. The Balaban J connectivity index is 2.01. The van der Waals surface area contributed by atoms with Crippen LogP contribution in [0.25, 0.3) is 0 Å². The summed E-state index contributed by atoms with van der Waals surface area (Å²) in [4.78, 5) is 17.1. The molecule has 0 atom stereocenters. The van der Waals surface area contributed by atoms with Crippen LogP contribution in [0.2, 0.25) is 5.02 Å². The molecule has 2 rings (SSSR count). The molecule has 1 N–H and O–H groups in total. The van der Waals surface area contributed by atoms with E-state index < -0.39 is 0 Å². The third-order valence-corrected chi connectivity index (χ3v) is 3.90. The Morgan fingerprint density at radius 1 is 1.17 bits per heavy atom. The lowest BCUT2D eigenvalue weighted by molar-refractivity contribution is 0.316. The Morgan fingerprint density at radius 3 is 2.65 bits per heavy atom. The van der Waals surface area contributed by atoms with E-state index in [4.69, 9.17) is 11.6 Å². The minimum atomic E-state index is 0.576. The van der Waals surface area contributed by atoms with Crippen LogP contribution in [0.15, 0.2) is 30.6 Å². The highest BCUT2D eigenvalue weighted by Gasteiger charge is 2.09. The Labute approximate surface area is 142 Å². The number of aromatic nitrogens is 3. The normalized spacial score (nSPS) is 10.8. The predicted octanol–water partition coefficient (Wildman–Crippen LogP) is 3.05. The summed E-state index contributed by atoms with van der Waals surface area (Å²) < 4.78 is 0. The molecule has 124 valence electrons. The first-order chi connectivity index (χ1) is 11.1. The van der Waals surface area contributed by atoms with Crippen LogP contribution in [0.3, 0.4) is 0 Å². The maximum Gasteiger partial charge on any atom is 0.234 e. The predicted molar refractivity (Wildman–Crippen MR) is 95.6 cm³/mol. The Morgan fingerprint density at radius 2 is 1.96 bits per heavy atom. The van der Waals surface area contributed by atoms with Crippen molar-refractivity contribution in [2.24, 2.45) is 0 Å². The fraction of sp³-hybridized carbons (Fsp3) is 0.438. The van der Waals surface area contributed by atoms with E-state index in [0.29, 0.717) is 16.9 Å². The van der Waals surface area contributed by atoms with Crippen molar-refractivity contribution < 1.29 is 0 Å². The third kappa shape index (κ3) is 5.04. The van der Waals surface area contributed by atoms with Gasteiger partial charge in [-0.2, -0.15) is 4.98 Å². The van der Waals surface area contributed by atoms with E-state index >= 15 is 0 Å². The number of benzene rings is 1. The van der Waals surface area contributed by atoms with Gasteiger partial charge in [-0.25, -0.2) is 9.97 Å². The van der Waals surface area contributed by atoms with Crippen molar-refractivity contribution in [3.63, 3.8) is 0 Å². The van der Waals surface area contributed by atoms with Gasteiger partial charge in [-0.1, -0.05) is 31.5 Å². The number of rotatable bonds is 8. The van der Waals surface area contributed by atoms with Gasteiger partial charge in [0.05, 0.1) is 0 Å². The minimum Gasteiger partial charge on any atom is -0.353 e. The summed E-state index contributed by atoms with van der Waals surface area (Å²) in [6.07, 6.45) is 1.52. The van der Waals surface area contributed by atoms with E-state index in [0.717, 1.165) is 31.9 Å². The van der Waals surface area contributed by atoms with Gasteiger partial charge in [0.2, 0.25) is 11.9 Å². The lowest BCUT2D eigenvalue weighted by atomic mass is 10.3. The molecule has 1 aromatic carbocycles. The standard InChI is InChI=1S/C16H23ClN6/c1-4-23(5-2)10-9-18-15-19-12-20-16(21-15)22(3)14-8-6-7-13(17)11-14/h6-8,11-12H,4-5,9-10H2,1-3H3,(H,18,19,20,21). The summed E-state index contributed by atoms with van der Waals surface area (Å²) in [5, 5.41) is 3.93. The van der Waals surface area contributed by atoms with Crippen LogP contribution in [-0.4, -0.2) is 53.1 Å². The quantitative estimate of drug-likeness (QED) is 0.800. The molecule has 0 saturated heterocycles. The van der Waals surface area contributed by atoms with E-state index in [1.165, 1.54) is 6.33 Å². The molecular formula is C16H23ClN6. The first kappa shape index (κ1) is 17.4. The zero-order valence-electron chi connectivity index (χ0n) is 13.8.